The zero-order valence-electron chi connectivity index (χ0n) is 14.6. The molecule has 6 nitrogen and oxygen atoms in total. The first-order valence-corrected chi connectivity index (χ1v) is 8.06. The van der Waals surface area contributed by atoms with E-state index in [1.54, 1.807) is 27.9 Å². The summed E-state index contributed by atoms with van der Waals surface area (Å²) < 4.78 is 10.5. The van der Waals surface area contributed by atoms with Gasteiger partial charge in [-0.25, -0.2) is 9.59 Å². The van der Waals surface area contributed by atoms with Crippen LogP contribution in [0, 0.1) is 5.92 Å². The first kappa shape index (κ1) is 18.1. The molecule has 0 saturated carbocycles. The van der Waals surface area contributed by atoms with Crippen molar-refractivity contribution in [1.82, 2.24) is 4.90 Å². The Kier molecular flexibility index (Phi) is 5.36. The summed E-state index contributed by atoms with van der Waals surface area (Å²) in [6.45, 7) is 5.70. The van der Waals surface area contributed by atoms with Crippen LogP contribution in [-0.4, -0.2) is 47.4 Å². The molecule has 1 heterocycles. The fourth-order valence-corrected chi connectivity index (χ4v) is 2.99. The van der Waals surface area contributed by atoms with E-state index < -0.39 is 23.7 Å². The highest BCUT2D eigenvalue weighted by Gasteiger charge is 2.43. The summed E-state index contributed by atoms with van der Waals surface area (Å²) in [4.78, 5) is 25.3. The summed E-state index contributed by atoms with van der Waals surface area (Å²) in [6, 6.07) is 6.70. The van der Waals surface area contributed by atoms with Crippen molar-refractivity contribution < 1.29 is 24.2 Å². The van der Waals surface area contributed by atoms with Gasteiger partial charge in [0.2, 0.25) is 0 Å². The van der Waals surface area contributed by atoms with Gasteiger partial charge in [0, 0.05) is 6.54 Å². The van der Waals surface area contributed by atoms with Crippen LogP contribution >= 0.6 is 0 Å². The standard InChI is InChI=1S/C18H25NO5/c1-18(2,3)24-17(22)19-10-9-13(15(19)16(20)21)11-12-5-7-14(23-4)8-6-12/h5-8,13,15H,9-11H2,1-4H3,(H,20,21)/t13-,15-/m0/s1. The summed E-state index contributed by atoms with van der Waals surface area (Å²) >= 11 is 0. The molecule has 1 saturated heterocycles. The van der Waals surface area contributed by atoms with Gasteiger partial charge in [-0.2, -0.15) is 0 Å². The number of hydrogen-bond acceptors (Lipinski definition) is 4. The molecule has 1 amide bonds. The number of aliphatic carboxylic acids is 1. The summed E-state index contributed by atoms with van der Waals surface area (Å²) in [5.41, 5.74) is 0.381. The van der Waals surface area contributed by atoms with Crippen LogP contribution in [0.15, 0.2) is 24.3 Å². The van der Waals surface area contributed by atoms with Crippen LogP contribution in [-0.2, 0) is 16.0 Å². The van der Waals surface area contributed by atoms with Crippen molar-refractivity contribution in [1.29, 1.82) is 0 Å². The topological polar surface area (TPSA) is 76.1 Å². The number of carboxylic acids is 1. The number of rotatable bonds is 4. The molecule has 6 heteroatoms. The third kappa shape index (κ3) is 4.40. The van der Waals surface area contributed by atoms with Gasteiger partial charge >= 0.3 is 12.1 Å². The molecule has 0 spiro atoms. The highest BCUT2D eigenvalue weighted by molar-refractivity contribution is 5.81. The Morgan fingerprint density at radius 2 is 1.88 bits per heavy atom. The van der Waals surface area contributed by atoms with E-state index in [2.05, 4.69) is 0 Å². The lowest BCUT2D eigenvalue weighted by Crippen LogP contribution is -2.45. The lowest BCUT2D eigenvalue weighted by atomic mass is 9.92. The van der Waals surface area contributed by atoms with E-state index in [-0.39, 0.29) is 5.92 Å². The zero-order valence-corrected chi connectivity index (χ0v) is 14.6. The Hall–Kier alpha value is -2.24. The number of ether oxygens (including phenoxy) is 2. The fraction of sp³-hybridized carbons (Fsp3) is 0.556. The van der Waals surface area contributed by atoms with E-state index in [1.165, 1.54) is 4.90 Å². The number of benzene rings is 1. The van der Waals surface area contributed by atoms with Gasteiger partial charge in [0.25, 0.3) is 0 Å². The number of methoxy groups -OCH3 is 1. The summed E-state index contributed by atoms with van der Waals surface area (Å²) in [5, 5.41) is 9.59. The average molecular weight is 335 g/mol. The molecule has 0 bridgehead atoms. The number of likely N-dealkylation sites (tertiary alicyclic amines) is 1. The van der Waals surface area contributed by atoms with Gasteiger partial charge in [-0.1, -0.05) is 12.1 Å². The van der Waals surface area contributed by atoms with Crippen LogP contribution in [0.5, 0.6) is 5.75 Å². The molecule has 1 fully saturated rings. The van der Waals surface area contributed by atoms with Crippen molar-refractivity contribution >= 4 is 12.1 Å². The highest BCUT2D eigenvalue weighted by atomic mass is 16.6. The van der Waals surface area contributed by atoms with Gasteiger partial charge in [0.05, 0.1) is 7.11 Å². The van der Waals surface area contributed by atoms with Gasteiger partial charge in [-0.3, -0.25) is 4.90 Å². The van der Waals surface area contributed by atoms with E-state index in [9.17, 15) is 14.7 Å². The maximum Gasteiger partial charge on any atom is 0.411 e. The van der Waals surface area contributed by atoms with Gasteiger partial charge < -0.3 is 14.6 Å². The fourth-order valence-electron chi connectivity index (χ4n) is 2.99. The van der Waals surface area contributed by atoms with Crippen molar-refractivity contribution in [2.45, 2.75) is 45.3 Å². The smallest absolute Gasteiger partial charge is 0.411 e. The van der Waals surface area contributed by atoms with Gasteiger partial charge in [-0.15, -0.1) is 0 Å². The molecule has 1 N–H and O–H groups in total. The zero-order chi connectivity index (χ0) is 17.9. The molecule has 1 aliphatic rings. The Balaban J connectivity index is 2.10. The van der Waals surface area contributed by atoms with Crippen molar-refractivity contribution in [2.75, 3.05) is 13.7 Å². The molecule has 0 aromatic heterocycles. The van der Waals surface area contributed by atoms with E-state index in [1.807, 2.05) is 24.3 Å². The van der Waals surface area contributed by atoms with E-state index in [4.69, 9.17) is 9.47 Å². The third-order valence-corrected chi connectivity index (χ3v) is 4.06. The van der Waals surface area contributed by atoms with Crippen molar-refractivity contribution in [3.63, 3.8) is 0 Å². The minimum atomic E-state index is -0.989. The van der Waals surface area contributed by atoms with Gasteiger partial charge in [0.1, 0.15) is 17.4 Å². The monoisotopic (exact) mass is 335 g/mol. The van der Waals surface area contributed by atoms with Crippen molar-refractivity contribution in [3.05, 3.63) is 29.8 Å². The lowest BCUT2D eigenvalue weighted by Gasteiger charge is -2.28. The van der Waals surface area contributed by atoms with Crippen molar-refractivity contribution in [3.8, 4) is 5.75 Å². The molecule has 132 valence electrons. The van der Waals surface area contributed by atoms with Crippen LogP contribution < -0.4 is 4.74 Å². The number of nitrogens with zero attached hydrogens (tertiary/aromatic N) is 1. The van der Waals surface area contributed by atoms with Crippen LogP contribution in [0.3, 0.4) is 0 Å². The predicted octanol–water partition coefficient (Wildman–Crippen LogP) is 2.95. The number of hydrogen-bond donors (Lipinski definition) is 1. The molecule has 1 aromatic rings. The average Bonchev–Trinajstić information content (AvgIpc) is 2.90. The SMILES string of the molecule is COc1ccc(C[C@@H]2CCN(C(=O)OC(C)(C)C)[C@@H]2C(=O)O)cc1. The molecule has 0 unspecified atom stereocenters. The number of carboxylic acid groups (broad SMARTS) is 1. The second-order valence-corrected chi connectivity index (χ2v) is 7.06. The van der Waals surface area contributed by atoms with E-state index in [0.717, 1.165) is 11.3 Å². The molecule has 2 rings (SSSR count). The van der Waals surface area contributed by atoms with E-state index >= 15 is 0 Å². The second kappa shape index (κ2) is 7.11. The summed E-state index contributed by atoms with van der Waals surface area (Å²) in [5.74, 6) is -0.365. The number of carbonyl (C=O) groups is 2. The van der Waals surface area contributed by atoms with E-state index in [0.29, 0.717) is 19.4 Å². The van der Waals surface area contributed by atoms with Crippen LogP contribution in [0.25, 0.3) is 0 Å². The Morgan fingerprint density at radius 3 is 2.38 bits per heavy atom. The molecule has 2 atom stereocenters. The molecule has 0 radical (unpaired) electrons. The number of amides is 1. The van der Waals surface area contributed by atoms with Gasteiger partial charge in [0.15, 0.2) is 0 Å². The molecule has 1 aliphatic heterocycles. The summed E-state index contributed by atoms with van der Waals surface area (Å²) in [6.07, 6.45) is 0.676. The van der Waals surface area contributed by atoms with Crippen LogP contribution in [0.4, 0.5) is 4.79 Å². The second-order valence-electron chi connectivity index (χ2n) is 7.06. The minimum absolute atomic E-state index is 0.136. The number of carbonyl (C=O) groups excluding carboxylic acids is 1. The highest BCUT2D eigenvalue weighted by Crippen LogP contribution is 2.30. The normalized spacial score (nSPS) is 20.8. The Morgan fingerprint density at radius 1 is 1.25 bits per heavy atom. The molecule has 0 aliphatic carbocycles. The molecule has 1 aromatic carbocycles. The predicted molar refractivity (Wildman–Crippen MR) is 89.2 cm³/mol. The third-order valence-electron chi connectivity index (χ3n) is 4.06. The lowest BCUT2D eigenvalue weighted by molar-refractivity contribution is -0.143. The largest absolute Gasteiger partial charge is 0.497 e. The van der Waals surface area contributed by atoms with Gasteiger partial charge in [-0.05, 0) is 57.2 Å². The Labute approximate surface area is 142 Å². The molecule has 24 heavy (non-hydrogen) atoms. The molecular formula is C18H25NO5. The first-order valence-electron chi connectivity index (χ1n) is 8.06. The maximum absolute atomic E-state index is 12.3. The molecular weight excluding hydrogens is 310 g/mol. The van der Waals surface area contributed by atoms with Crippen LogP contribution in [0.1, 0.15) is 32.8 Å². The van der Waals surface area contributed by atoms with Crippen molar-refractivity contribution in [2.24, 2.45) is 5.92 Å². The maximum atomic E-state index is 12.3. The van der Waals surface area contributed by atoms with Crippen LogP contribution in [0.2, 0.25) is 0 Å². The first-order chi connectivity index (χ1) is 11.2. The summed E-state index contributed by atoms with van der Waals surface area (Å²) in [7, 11) is 1.60. The quantitative estimate of drug-likeness (QED) is 0.915. The minimum Gasteiger partial charge on any atom is -0.497 e. The Bertz CT molecular complexity index is 590.